The van der Waals surface area contributed by atoms with Gasteiger partial charge in [-0.15, -0.1) is 0 Å². The van der Waals surface area contributed by atoms with E-state index in [1.165, 1.54) is 12.1 Å². The predicted octanol–water partition coefficient (Wildman–Crippen LogP) is 4.72. The molecule has 1 saturated heterocycles. The molecule has 0 saturated carbocycles. The van der Waals surface area contributed by atoms with E-state index >= 15 is 0 Å². The summed E-state index contributed by atoms with van der Waals surface area (Å²) >= 11 is 6.37. The Morgan fingerprint density at radius 2 is 2.00 bits per heavy atom. The Bertz CT molecular complexity index is 1290. The molecule has 1 atom stereocenters. The maximum absolute atomic E-state index is 13.1. The number of carbonyl (C=O) groups is 1. The molecule has 8 heteroatoms. The minimum absolute atomic E-state index is 0.00115. The van der Waals surface area contributed by atoms with Crippen molar-refractivity contribution in [2.24, 2.45) is 5.92 Å². The molecule has 3 heterocycles. The van der Waals surface area contributed by atoms with Crippen LogP contribution < -0.4 is 10.2 Å². The number of aromatic nitrogens is 3. The number of nitrogens with one attached hydrogen (secondary N) is 1. The molecule has 0 unspecified atom stereocenters. The lowest BCUT2D eigenvalue weighted by Crippen LogP contribution is -2.43. The average Bonchev–Trinajstić information content (AvgIpc) is 3.28. The van der Waals surface area contributed by atoms with E-state index in [1.54, 1.807) is 22.8 Å². The minimum Gasteiger partial charge on any atom is -0.354 e. The Morgan fingerprint density at radius 1 is 1.18 bits per heavy atom. The van der Waals surface area contributed by atoms with Crippen molar-refractivity contribution in [3.8, 4) is 11.3 Å². The summed E-state index contributed by atoms with van der Waals surface area (Å²) in [6.45, 7) is 1.78. The fourth-order valence-corrected chi connectivity index (χ4v) is 4.50. The van der Waals surface area contributed by atoms with Gasteiger partial charge in [-0.3, -0.25) is 4.79 Å². The van der Waals surface area contributed by atoms with Crippen molar-refractivity contribution in [3.05, 3.63) is 83.4 Å². The van der Waals surface area contributed by atoms with Crippen LogP contribution in [0.2, 0.25) is 5.02 Å². The van der Waals surface area contributed by atoms with E-state index < -0.39 is 0 Å². The molecular weight excluding hydrogens is 441 g/mol. The zero-order valence-corrected chi connectivity index (χ0v) is 18.7. The van der Waals surface area contributed by atoms with Gasteiger partial charge in [-0.2, -0.15) is 5.10 Å². The molecule has 6 nitrogen and oxygen atoms in total. The molecule has 0 aliphatic carbocycles. The molecule has 2 aromatic carbocycles. The smallest absolute Gasteiger partial charge is 0.225 e. The van der Waals surface area contributed by atoms with E-state index in [2.05, 4.69) is 20.3 Å². The van der Waals surface area contributed by atoms with Crippen LogP contribution in [0.4, 0.5) is 10.2 Å². The highest BCUT2D eigenvalue weighted by molar-refractivity contribution is 6.33. The molecule has 33 heavy (non-hydrogen) atoms. The molecule has 1 aliphatic heterocycles. The molecule has 0 radical (unpaired) electrons. The van der Waals surface area contributed by atoms with Gasteiger partial charge in [-0.1, -0.05) is 41.9 Å². The fraction of sp³-hybridized carbons (Fsp3) is 0.240. The van der Waals surface area contributed by atoms with Crippen LogP contribution in [0.3, 0.4) is 0 Å². The first kappa shape index (κ1) is 21.4. The summed E-state index contributed by atoms with van der Waals surface area (Å²) < 4.78 is 14.9. The molecule has 0 bridgehead atoms. The van der Waals surface area contributed by atoms with Crippen molar-refractivity contribution in [2.45, 2.75) is 19.4 Å². The first-order valence-electron chi connectivity index (χ1n) is 10.9. The van der Waals surface area contributed by atoms with Crippen molar-refractivity contribution < 1.29 is 9.18 Å². The number of hydrogen-bond acceptors (Lipinski definition) is 4. The molecule has 4 aromatic rings. The molecular formula is C25H23ClFN5O. The second-order valence-electron chi connectivity index (χ2n) is 8.22. The number of benzene rings is 2. The Balaban J connectivity index is 1.33. The molecule has 168 valence electrons. The van der Waals surface area contributed by atoms with Gasteiger partial charge in [-0.05, 0) is 42.7 Å². The Morgan fingerprint density at radius 3 is 2.82 bits per heavy atom. The summed E-state index contributed by atoms with van der Waals surface area (Å²) in [5.41, 5.74) is 3.39. The third-order valence-electron chi connectivity index (χ3n) is 5.99. The van der Waals surface area contributed by atoms with Gasteiger partial charge < -0.3 is 10.2 Å². The van der Waals surface area contributed by atoms with Crippen LogP contribution in [0.25, 0.3) is 16.8 Å². The number of nitrogens with zero attached hydrogens (tertiary/aromatic N) is 4. The lowest BCUT2D eigenvalue weighted by atomic mass is 9.97. The van der Waals surface area contributed by atoms with Crippen molar-refractivity contribution in [3.63, 3.8) is 0 Å². The summed E-state index contributed by atoms with van der Waals surface area (Å²) in [7, 11) is 0. The number of piperidine rings is 1. The predicted molar refractivity (Wildman–Crippen MR) is 127 cm³/mol. The summed E-state index contributed by atoms with van der Waals surface area (Å²) in [5.74, 6) is 0.375. The lowest BCUT2D eigenvalue weighted by Gasteiger charge is -2.33. The van der Waals surface area contributed by atoms with Crippen molar-refractivity contribution in [1.29, 1.82) is 0 Å². The zero-order valence-electron chi connectivity index (χ0n) is 17.9. The second-order valence-corrected chi connectivity index (χ2v) is 8.63. The highest BCUT2D eigenvalue weighted by Crippen LogP contribution is 2.31. The van der Waals surface area contributed by atoms with Gasteiger partial charge in [0.25, 0.3) is 0 Å². The zero-order chi connectivity index (χ0) is 22.8. The van der Waals surface area contributed by atoms with Crippen molar-refractivity contribution in [2.75, 3.05) is 18.0 Å². The summed E-state index contributed by atoms with van der Waals surface area (Å²) in [5, 5.41) is 8.32. The lowest BCUT2D eigenvalue weighted by molar-refractivity contribution is -0.125. The van der Waals surface area contributed by atoms with Crippen LogP contribution >= 0.6 is 11.6 Å². The van der Waals surface area contributed by atoms with Gasteiger partial charge in [0.1, 0.15) is 11.3 Å². The Hall–Kier alpha value is -3.45. The number of fused-ring (bicyclic) bond motifs is 1. The number of rotatable bonds is 5. The maximum Gasteiger partial charge on any atom is 0.225 e. The number of amides is 1. The van der Waals surface area contributed by atoms with Gasteiger partial charge in [0, 0.05) is 37.6 Å². The van der Waals surface area contributed by atoms with E-state index in [-0.39, 0.29) is 17.6 Å². The van der Waals surface area contributed by atoms with Gasteiger partial charge in [-0.25, -0.2) is 13.9 Å². The molecule has 1 aliphatic rings. The van der Waals surface area contributed by atoms with Crippen molar-refractivity contribution in [1.82, 2.24) is 19.9 Å². The maximum atomic E-state index is 13.1. The van der Waals surface area contributed by atoms with E-state index in [0.717, 1.165) is 47.5 Å². The normalized spacial score (nSPS) is 16.2. The molecule has 1 N–H and O–H groups in total. The monoisotopic (exact) mass is 463 g/mol. The van der Waals surface area contributed by atoms with Crippen molar-refractivity contribution >= 4 is 28.8 Å². The van der Waals surface area contributed by atoms with Crippen LogP contribution in [0.5, 0.6) is 0 Å². The number of carbonyl (C=O) groups excluding carboxylic acids is 1. The van der Waals surface area contributed by atoms with Crippen LogP contribution in [0.1, 0.15) is 18.4 Å². The summed E-state index contributed by atoms with van der Waals surface area (Å²) in [6, 6.07) is 15.8. The quantitative estimate of drug-likeness (QED) is 0.465. The third-order valence-corrected chi connectivity index (χ3v) is 6.32. The van der Waals surface area contributed by atoms with Crippen LogP contribution in [-0.4, -0.2) is 33.6 Å². The van der Waals surface area contributed by atoms with E-state index in [9.17, 15) is 9.18 Å². The highest BCUT2D eigenvalue weighted by atomic mass is 35.5. The number of hydrogen-bond donors (Lipinski definition) is 1. The Kier molecular flexibility index (Phi) is 5.96. The highest BCUT2D eigenvalue weighted by Gasteiger charge is 2.27. The Labute approximate surface area is 196 Å². The SMILES string of the molecule is O=C(NCc1ccc(F)cc1)[C@@H]1CCCN(c2nccn3nc(-c4ccccc4Cl)cc23)C1. The third kappa shape index (κ3) is 4.54. The van der Waals surface area contributed by atoms with E-state index in [4.69, 9.17) is 11.6 Å². The van der Waals surface area contributed by atoms with Crippen LogP contribution in [0, 0.1) is 11.7 Å². The fourth-order valence-electron chi connectivity index (χ4n) is 4.27. The molecule has 1 fully saturated rings. The van der Waals surface area contributed by atoms with E-state index in [0.29, 0.717) is 18.1 Å². The van der Waals surface area contributed by atoms with Gasteiger partial charge >= 0.3 is 0 Å². The summed E-state index contributed by atoms with van der Waals surface area (Å²) in [4.78, 5) is 19.6. The average molecular weight is 464 g/mol. The van der Waals surface area contributed by atoms with Crippen LogP contribution in [-0.2, 0) is 11.3 Å². The molecule has 2 aromatic heterocycles. The topological polar surface area (TPSA) is 62.5 Å². The number of anilines is 1. The number of halogens is 2. The van der Waals surface area contributed by atoms with Gasteiger partial charge in [0.05, 0.1) is 16.6 Å². The molecule has 5 rings (SSSR count). The molecule has 0 spiro atoms. The minimum atomic E-state index is -0.285. The van der Waals surface area contributed by atoms with Gasteiger partial charge in [0.15, 0.2) is 5.82 Å². The summed E-state index contributed by atoms with van der Waals surface area (Å²) in [6.07, 6.45) is 5.25. The first-order valence-corrected chi connectivity index (χ1v) is 11.3. The van der Waals surface area contributed by atoms with Gasteiger partial charge in [0.2, 0.25) is 5.91 Å². The second kappa shape index (κ2) is 9.19. The van der Waals surface area contributed by atoms with E-state index in [1.807, 2.05) is 36.5 Å². The largest absolute Gasteiger partial charge is 0.354 e. The molecule has 1 amide bonds. The standard InChI is InChI=1S/C25H23ClFN5O/c26-21-6-2-1-5-20(21)22-14-23-24(28-11-13-32(23)30-22)31-12-3-4-18(16-31)25(33)29-15-17-7-9-19(27)10-8-17/h1-2,5-11,13-14,18H,3-4,12,15-16H2,(H,29,33)/t18-/m1/s1. The first-order chi connectivity index (χ1) is 16.1. The van der Waals surface area contributed by atoms with Crippen LogP contribution in [0.15, 0.2) is 67.0 Å².